The summed E-state index contributed by atoms with van der Waals surface area (Å²) in [5, 5.41) is 73.8. The Morgan fingerprint density at radius 1 is 0.524 bits per heavy atom. The van der Waals surface area contributed by atoms with E-state index >= 15 is 0 Å². The molecule has 0 spiro atoms. The number of hydrogen-bond donors (Lipinski definition) is 12. The molecule has 29 heteroatoms. The van der Waals surface area contributed by atoms with Gasteiger partial charge in [0, 0.05) is 129 Å². The van der Waals surface area contributed by atoms with Crippen LogP contribution >= 0.6 is 0 Å². The summed E-state index contributed by atoms with van der Waals surface area (Å²) in [6, 6.07) is 3.73. The Kier molecular flexibility index (Phi) is 30.1. The van der Waals surface area contributed by atoms with Crippen LogP contribution in [-0.4, -0.2) is 262 Å². The minimum Gasteiger partial charge on any atom is -0.481 e. The van der Waals surface area contributed by atoms with Gasteiger partial charge in [-0.05, 0) is 69.2 Å². The normalized spacial score (nSPS) is 17.9. The first-order valence-corrected chi connectivity index (χ1v) is 29.5. The third-order valence-corrected chi connectivity index (χ3v) is 15.0. The number of carboxylic acid groups (broad SMARTS) is 6. The third kappa shape index (κ3) is 26.7. The molecular formula is C55H89N15O14. The van der Waals surface area contributed by atoms with Crippen LogP contribution in [0.1, 0.15) is 95.5 Å². The maximum atomic E-state index is 12.4. The van der Waals surface area contributed by atoms with Gasteiger partial charge in [-0.2, -0.15) is 15.0 Å². The molecule has 468 valence electrons. The van der Waals surface area contributed by atoms with E-state index in [1.54, 1.807) is 0 Å². The van der Waals surface area contributed by atoms with E-state index in [4.69, 9.17) is 20.1 Å². The number of unbranched alkanes of at least 4 members (excludes halogenated alkanes) is 8. The molecule has 1 aromatic carbocycles. The van der Waals surface area contributed by atoms with Crippen molar-refractivity contribution in [1.82, 2.24) is 61.1 Å². The van der Waals surface area contributed by atoms with Gasteiger partial charge >= 0.3 is 41.8 Å². The van der Waals surface area contributed by atoms with E-state index in [1.165, 1.54) is 0 Å². The summed E-state index contributed by atoms with van der Waals surface area (Å²) in [7, 11) is 0. The summed E-state index contributed by atoms with van der Waals surface area (Å²) in [6.45, 7) is 10.3. The fraction of sp³-hybridized carbons (Fsp3) is 0.691. The number of nitrogens with one attached hydrogen (secondary N) is 6. The fourth-order valence-corrected chi connectivity index (χ4v) is 10.4. The Hall–Kier alpha value is -7.05. The first-order chi connectivity index (χ1) is 40.4. The van der Waals surface area contributed by atoms with Crippen LogP contribution in [-0.2, 0) is 40.0 Å². The van der Waals surface area contributed by atoms with Crippen LogP contribution in [0, 0.1) is 0 Å². The molecule has 84 heavy (non-hydrogen) atoms. The highest BCUT2D eigenvalue weighted by Crippen LogP contribution is 2.24. The number of carbonyl (C=O) groups excluding carboxylic acids is 2. The van der Waals surface area contributed by atoms with Crippen molar-refractivity contribution in [3.8, 4) is 0 Å². The van der Waals surface area contributed by atoms with Crippen LogP contribution in [0.25, 0.3) is 0 Å². The van der Waals surface area contributed by atoms with Gasteiger partial charge in [0.2, 0.25) is 23.8 Å². The van der Waals surface area contributed by atoms with Gasteiger partial charge in [0.1, 0.15) is 12.1 Å². The standard InChI is InChI=1S/C55H89N15O14/c71-45(58-19-9-8-11-43(50(80)81)60-55(84)61-44(51(82)83)17-18-46(72)73)12-7-5-3-1-2-4-6-10-24-65-27-31-68(32-28-65)53-62-52(63-54(64-53)69-33-29-66(30-34-69)37-47(74)75)59-41-15-13-40(14-16-41)35-42-36-67(38-48(76)77)25-22-56-20-21-57-23-26-70(42)39-49(78)79/h13-16,42-44,56-57H,1-12,17-39H2,(H,58,71)(H,72,73)(H,74,75)(H,76,77)(H,78,79)(H,80,81)(H,82,83)(H2,60,61,84)(H,59,62,63,64)/t42?,43-,44-/m0/s1. The summed E-state index contributed by atoms with van der Waals surface area (Å²) in [6.07, 6.45) is 9.24. The number of piperazine rings is 2. The molecule has 3 aliphatic rings. The summed E-state index contributed by atoms with van der Waals surface area (Å²) in [4.78, 5) is 121. The highest BCUT2D eigenvalue weighted by atomic mass is 16.4. The summed E-state index contributed by atoms with van der Waals surface area (Å²) >= 11 is 0. The molecule has 1 aromatic heterocycles. The average molecular weight is 1180 g/mol. The SMILES string of the molecule is O=C(O)CC[C@H](NC(=O)N[C@@H](CCCCNC(=O)CCCCCCCCCCN1CCN(c2nc(Nc3ccc(CC4CN(CC(=O)O)CCNCCNCCN4CC(=O)O)cc3)nc(N3CCN(CC(=O)O)CC3)n2)CC1)C(=O)O)C(=O)O. The number of rotatable bonds is 35. The molecule has 4 heterocycles. The lowest BCUT2D eigenvalue weighted by Gasteiger charge is -2.36. The second-order valence-corrected chi connectivity index (χ2v) is 21.7. The number of aliphatic carboxylic acids is 6. The molecule has 1 unspecified atom stereocenters. The first kappa shape index (κ1) is 67.7. The van der Waals surface area contributed by atoms with Gasteiger partial charge in [0.05, 0.1) is 19.6 Å². The monoisotopic (exact) mass is 1180 g/mol. The van der Waals surface area contributed by atoms with E-state index in [2.05, 4.69) is 46.6 Å². The molecule has 3 fully saturated rings. The van der Waals surface area contributed by atoms with Crippen LogP contribution in [0.3, 0.4) is 0 Å². The molecule has 2 aromatic rings. The number of carboxylic acids is 6. The number of anilines is 4. The van der Waals surface area contributed by atoms with Crippen molar-refractivity contribution in [3.63, 3.8) is 0 Å². The van der Waals surface area contributed by atoms with Crippen molar-refractivity contribution in [2.75, 3.05) is 146 Å². The maximum absolute atomic E-state index is 12.4. The smallest absolute Gasteiger partial charge is 0.326 e. The summed E-state index contributed by atoms with van der Waals surface area (Å²) in [5.41, 5.74) is 1.69. The van der Waals surface area contributed by atoms with Crippen molar-refractivity contribution in [2.45, 2.75) is 114 Å². The van der Waals surface area contributed by atoms with Crippen molar-refractivity contribution in [1.29, 1.82) is 0 Å². The number of nitrogens with zero attached hydrogens (tertiary/aromatic N) is 9. The largest absolute Gasteiger partial charge is 0.481 e. The molecule has 5 rings (SSSR count). The van der Waals surface area contributed by atoms with Crippen LogP contribution in [0.5, 0.6) is 0 Å². The number of hydrogen-bond acceptors (Lipinski definition) is 20. The Morgan fingerprint density at radius 2 is 1.06 bits per heavy atom. The van der Waals surface area contributed by atoms with Gasteiger partial charge in [0.15, 0.2) is 0 Å². The van der Waals surface area contributed by atoms with Crippen LogP contribution in [0.4, 0.5) is 28.3 Å². The van der Waals surface area contributed by atoms with E-state index in [1.807, 2.05) is 39.0 Å². The summed E-state index contributed by atoms with van der Waals surface area (Å²) < 4.78 is 0. The van der Waals surface area contributed by atoms with Gasteiger partial charge in [-0.1, -0.05) is 50.7 Å². The zero-order valence-electron chi connectivity index (χ0n) is 48.3. The first-order valence-electron chi connectivity index (χ1n) is 29.5. The third-order valence-electron chi connectivity index (χ3n) is 15.0. The second kappa shape index (κ2) is 37.3. The van der Waals surface area contributed by atoms with Gasteiger partial charge < -0.3 is 72.3 Å². The molecule has 0 bridgehead atoms. The van der Waals surface area contributed by atoms with Gasteiger partial charge in [-0.3, -0.25) is 43.6 Å². The highest BCUT2D eigenvalue weighted by molar-refractivity contribution is 5.86. The summed E-state index contributed by atoms with van der Waals surface area (Å²) in [5.74, 6) is -5.38. The lowest BCUT2D eigenvalue weighted by molar-refractivity contribution is -0.141. The Balaban J connectivity index is 1.02. The molecule has 3 atom stereocenters. The second-order valence-electron chi connectivity index (χ2n) is 21.7. The molecule has 0 radical (unpaired) electrons. The molecule has 12 N–H and O–H groups in total. The van der Waals surface area contributed by atoms with Crippen molar-refractivity contribution in [2.24, 2.45) is 0 Å². The van der Waals surface area contributed by atoms with Crippen LogP contribution in [0.15, 0.2) is 24.3 Å². The Morgan fingerprint density at radius 3 is 1.63 bits per heavy atom. The average Bonchev–Trinajstić information content (AvgIpc) is 3.12. The fourth-order valence-electron chi connectivity index (χ4n) is 10.4. The molecule has 3 saturated heterocycles. The topological polar surface area (TPSA) is 388 Å². The van der Waals surface area contributed by atoms with Crippen LogP contribution < -0.4 is 41.7 Å². The Labute approximate surface area is 490 Å². The predicted octanol–water partition coefficient (Wildman–Crippen LogP) is 0.689. The minimum absolute atomic E-state index is 0.0343. The minimum atomic E-state index is -1.49. The van der Waals surface area contributed by atoms with E-state index in [0.717, 1.165) is 102 Å². The van der Waals surface area contributed by atoms with Crippen molar-refractivity contribution in [3.05, 3.63) is 29.8 Å². The zero-order valence-corrected chi connectivity index (χ0v) is 48.3. The van der Waals surface area contributed by atoms with E-state index in [-0.39, 0.29) is 44.4 Å². The number of aromatic nitrogens is 3. The zero-order chi connectivity index (χ0) is 60.6. The number of benzene rings is 1. The molecule has 0 aliphatic carbocycles. The lowest BCUT2D eigenvalue weighted by atomic mass is 10.0. The molecule has 29 nitrogen and oxygen atoms in total. The quantitative estimate of drug-likeness (QED) is 0.0422. The number of amides is 3. The van der Waals surface area contributed by atoms with E-state index in [9.17, 15) is 63.9 Å². The molecule has 0 saturated carbocycles. The predicted molar refractivity (Wildman–Crippen MR) is 311 cm³/mol. The molecule has 3 amide bonds. The molecular weight excluding hydrogens is 1090 g/mol. The number of urea groups is 1. The Bertz CT molecular complexity index is 2390. The van der Waals surface area contributed by atoms with Crippen molar-refractivity contribution < 1.29 is 69.0 Å². The maximum Gasteiger partial charge on any atom is 0.326 e. The van der Waals surface area contributed by atoms with Gasteiger partial charge in [-0.25, -0.2) is 14.4 Å². The number of carbonyl (C=O) groups is 8. The highest BCUT2D eigenvalue weighted by Gasteiger charge is 2.29. The van der Waals surface area contributed by atoms with E-state index in [0.29, 0.717) is 116 Å². The van der Waals surface area contributed by atoms with Crippen molar-refractivity contribution >= 4 is 71.3 Å². The van der Waals surface area contributed by atoms with E-state index < -0.39 is 60.4 Å². The van der Waals surface area contributed by atoms with Crippen LogP contribution in [0.2, 0.25) is 0 Å². The lowest BCUT2D eigenvalue weighted by Crippen LogP contribution is -2.52. The van der Waals surface area contributed by atoms with Gasteiger partial charge in [0.25, 0.3) is 0 Å². The van der Waals surface area contributed by atoms with Gasteiger partial charge in [-0.15, -0.1) is 0 Å². The molecule has 3 aliphatic heterocycles.